The minimum absolute atomic E-state index is 0.652. The van der Waals surface area contributed by atoms with Crippen molar-refractivity contribution in [2.24, 2.45) is 0 Å². The van der Waals surface area contributed by atoms with Gasteiger partial charge in [0.2, 0.25) is 0 Å². The quantitative estimate of drug-likeness (QED) is 0.808. The Labute approximate surface area is 92.3 Å². The predicted molar refractivity (Wildman–Crippen MR) is 65.6 cm³/mol. The fourth-order valence-corrected chi connectivity index (χ4v) is 2.26. The van der Waals surface area contributed by atoms with Crippen molar-refractivity contribution in [1.82, 2.24) is 5.32 Å². The molecule has 2 nitrogen and oxygen atoms in total. The molecule has 0 saturated heterocycles. The van der Waals surface area contributed by atoms with Crippen LogP contribution in [0.3, 0.4) is 0 Å². The first kappa shape index (κ1) is 10.5. The van der Waals surface area contributed by atoms with Crippen LogP contribution in [0.4, 0.5) is 5.69 Å². The number of fused-ring (bicyclic) bond motifs is 1. The van der Waals surface area contributed by atoms with Crippen molar-refractivity contribution in [3.05, 3.63) is 29.3 Å². The van der Waals surface area contributed by atoms with E-state index in [0.717, 1.165) is 13.0 Å². The van der Waals surface area contributed by atoms with Gasteiger partial charge in [-0.2, -0.15) is 0 Å². The summed E-state index contributed by atoms with van der Waals surface area (Å²) in [5.74, 6) is 0. The molecule has 1 unspecified atom stereocenters. The van der Waals surface area contributed by atoms with Crippen LogP contribution in [0.5, 0.6) is 0 Å². The highest BCUT2D eigenvalue weighted by Crippen LogP contribution is 2.31. The van der Waals surface area contributed by atoms with Crippen molar-refractivity contribution < 1.29 is 0 Å². The Morgan fingerprint density at radius 2 is 2.27 bits per heavy atom. The Kier molecular flexibility index (Phi) is 2.96. The molecule has 0 amide bonds. The molecule has 82 valence electrons. The fraction of sp³-hybridized carbons (Fsp3) is 0.538. The van der Waals surface area contributed by atoms with Gasteiger partial charge in [0.25, 0.3) is 0 Å². The van der Waals surface area contributed by atoms with E-state index in [1.807, 2.05) is 7.05 Å². The molecule has 1 aliphatic heterocycles. The minimum Gasteiger partial charge on any atom is -0.371 e. The zero-order chi connectivity index (χ0) is 10.8. The standard InChI is InChI=1S/C13H20N2/c1-10-8-12-9-11(6-7-14-2)4-5-13(12)15(10)3/h4-5,9-10,14H,6-8H2,1-3H3. The van der Waals surface area contributed by atoms with E-state index >= 15 is 0 Å². The van der Waals surface area contributed by atoms with E-state index in [9.17, 15) is 0 Å². The molecule has 2 rings (SSSR count). The number of nitrogens with one attached hydrogen (secondary N) is 1. The molecular weight excluding hydrogens is 184 g/mol. The highest BCUT2D eigenvalue weighted by atomic mass is 15.1. The molecule has 1 atom stereocenters. The molecule has 1 aliphatic rings. The summed E-state index contributed by atoms with van der Waals surface area (Å²) >= 11 is 0. The van der Waals surface area contributed by atoms with E-state index in [1.54, 1.807) is 0 Å². The minimum atomic E-state index is 0.652. The Hall–Kier alpha value is -1.02. The fourth-order valence-electron chi connectivity index (χ4n) is 2.26. The number of hydrogen-bond donors (Lipinski definition) is 1. The topological polar surface area (TPSA) is 15.3 Å². The van der Waals surface area contributed by atoms with Gasteiger partial charge in [-0.05, 0) is 50.6 Å². The third-order valence-electron chi connectivity index (χ3n) is 3.36. The van der Waals surface area contributed by atoms with Crippen LogP contribution in [0.2, 0.25) is 0 Å². The zero-order valence-corrected chi connectivity index (χ0v) is 9.88. The van der Waals surface area contributed by atoms with Gasteiger partial charge in [-0.3, -0.25) is 0 Å². The first-order chi connectivity index (χ1) is 7.22. The van der Waals surface area contributed by atoms with Crippen molar-refractivity contribution in [1.29, 1.82) is 0 Å². The molecule has 0 aromatic heterocycles. The maximum Gasteiger partial charge on any atom is 0.0399 e. The average molecular weight is 204 g/mol. The summed E-state index contributed by atoms with van der Waals surface area (Å²) in [5.41, 5.74) is 4.37. The van der Waals surface area contributed by atoms with E-state index in [-0.39, 0.29) is 0 Å². The summed E-state index contributed by atoms with van der Waals surface area (Å²) in [6.45, 7) is 3.34. The predicted octanol–water partition coefficient (Wildman–Crippen LogP) is 1.83. The largest absolute Gasteiger partial charge is 0.371 e. The van der Waals surface area contributed by atoms with Crippen LogP contribution in [-0.2, 0) is 12.8 Å². The molecule has 0 fully saturated rings. The lowest BCUT2D eigenvalue weighted by molar-refractivity contribution is 0.731. The molecule has 1 N–H and O–H groups in total. The summed E-state index contributed by atoms with van der Waals surface area (Å²) in [5, 5.41) is 3.19. The number of rotatable bonds is 3. The molecule has 0 saturated carbocycles. The maximum absolute atomic E-state index is 3.19. The van der Waals surface area contributed by atoms with Crippen LogP contribution in [0, 0.1) is 0 Å². The Bertz CT molecular complexity index is 346. The normalized spacial score (nSPS) is 19.4. The Morgan fingerprint density at radius 3 is 3.00 bits per heavy atom. The molecule has 0 radical (unpaired) electrons. The summed E-state index contributed by atoms with van der Waals surface area (Å²) < 4.78 is 0. The van der Waals surface area contributed by atoms with E-state index in [0.29, 0.717) is 6.04 Å². The number of likely N-dealkylation sites (N-methyl/N-ethyl adjacent to an activating group) is 2. The molecule has 0 spiro atoms. The van der Waals surface area contributed by atoms with Crippen molar-refractivity contribution in [3.63, 3.8) is 0 Å². The van der Waals surface area contributed by atoms with Crippen LogP contribution >= 0.6 is 0 Å². The number of hydrogen-bond acceptors (Lipinski definition) is 2. The van der Waals surface area contributed by atoms with Crippen LogP contribution in [-0.4, -0.2) is 26.7 Å². The monoisotopic (exact) mass is 204 g/mol. The van der Waals surface area contributed by atoms with Gasteiger partial charge in [0.1, 0.15) is 0 Å². The van der Waals surface area contributed by atoms with E-state index in [2.05, 4.69) is 42.4 Å². The summed E-state index contributed by atoms with van der Waals surface area (Å²) in [6, 6.07) is 7.54. The van der Waals surface area contributed by atoms with Gasteiger partial charge in [0, 0.05) is 18.8 Å². The molecule has 0 aliphatic carbocycles. The number of nitrogens with zero attached hydrogens (tertiary/aromatic N) is 1. The maximum atomic E-state index is 3.19. The van der Waals surface area contributed by atoms with Gasteiger partial charge in [0.15, 0.2) is 0 Å². The lowest BCUT2D eigenvalue weighted by Crippen LogP contribution is -2.23. The smallest absolute Gasteiger partial charge is 0.0399 e. The first-order valence-electron chi connectivity index (χ1n) is 5.71. The molecular formula is C13H20N2. The highest BCUT2D eigenvalue weighted by Gasteiger charge is 2.22. The third kappa shape index (κ3) is 2.00. The summed E-state index contributed by atoms with van der Waals surface area (Å²) in [7, 11) is 4.19. The van der Waals surface area contributed by atoms with Gasteiger partial charge >= 0.3 is 0 Å². The average Bonchev–Trinajstić information content (AvgIpc) is 2.52. The third-order valence-corrected chi connectivity index (χ3v) is 3.36. The van der Waals surface area contributed by atoms with E-state index in [4.69, 9.17) is 0 Å². The van der Waals surface area contributed by atoms with Crippen molar-refractivity contribution in [2.75, 3.05) is 25.5 Å². The first-order valence-corrected chi connectivity index (χ1v) is 5.71. The van der Waals surface area contributed by atoms with Gasteiger partial charge in [-0.25, -0.2) is 0 Å². The van der Waals surface area contributed by atoms with Crippen LogP contribution < -0.4 is 10.2 Å². The summed E-state index contributed by atoms with van der Waals surface area (Å²) in [4.78, 5) is 2.37. The van der Waals surface area contributed by atoms with Gasteiger partial charge in [-0.15, -0.1) is 0 Å². The number of benzene rings is 1. The Balaban J connectivity index is 2.18. The molecule has 1 aromatic carbocycles. The number of anilines is 1. The SMILES string of the molecule is CNCCc1ccc2c(c1)CC(C)N2C. The second-order valence-electron chi connectivity index (χ2n) is 4.48. The van der Waals surface area contributed by atoms with Gasteiger partial charge < -0.3 is 10.2 Å². The molecule has 2 heteroatoms. The zero-order valence-electron chi connectivity index (χ0n) is 9.88. The van der Waals surface area contributed by atoms with Crippen molar-refractivity contribution in [3.8, 4) is 0 Å². The van der Waals surface area contributed by atoms with E-state index < -0.39 is 0 Å². The van der Waals surface area contributed by atoms with Crippen LogP contribution in [0.1, 0.15) is 18.1 Å². The van der Waals surface area contributed by atoms with Crippen LogP contribution in [0.15, 0.2) is 18.2 Å². The second-order valence-corrected chi connectivity index (χ2v) is 4.48. The summed E-state index contributed by atoms with van der Waals surface area (Å²) in [6.07, 6.45) is 2.32. The van der Waals surface area contributed by atoms with Crippen molar-refractivity contribution >= 4 is 5.69 Å². The molecule has 1 heterocycles. The Morgan fingerprint density at radius 1 is 1.47 bits per heavy atom. The molecule has 1 aromatic rings. The van der Waals surface area contributed by atoms with Gasteiger partial charge in [-0.1, -0.05) is 12.1 Å². The lowest BCUT2D eigenvalue weighted by Gasteiger charge is -2.18. The van der Waals surface area contributed by atoms with Crippen molar-refractivity contribution in [2.45, 2.75) is 25.8 Å². The second kappa shape index (κ2) is 4.23. The lowest BCUT2D eigenvalue weighted by atomic mass is 10.1. The van der Waals surface area contributed by atoms with Crippen LogP contribution in [0.25, 0.3) is 0 Å². The van der Waals surface area contributed by atoms with Gasteiger partial charge in [0.05, 0.1) is 0 Å². The molecule has 15 heavy (non-hydrogen) atoms. The molecule has 0 bridgehead atoms. The highest BCUT2D eigenvalue weighted by molar-refractivity contribution is 5.59. The van der Waals surface area contributed by atoms with E-state index in [1.165, 1.54) is 23.2 Å².